The van der Waals surface area contributed by atoms with E-state index in [1.165, 1.54) is 7.11 Å². The first-order valence-electron chi connectivity index (χ1n) is 4.16. The zero-order valence-corrected chi connectivity index (χ0v) is 10.3. The van der Waals surface area contributed by atoms with Crippen LogP contribution in [0, 0.1) is 3.57 Å². The Morgan fingerprint density at radius 2 is 2.12 bits per heavy atom. The van der Waals surface area contributed by atoms with Gasteiger partial charge in [0.05, 0.1) is 12.3 Å². The molecular formula is C8H8F3IN2O2. The van der Waals surface area contributed by atoms with Crippen molar-refractivity contribution in [2.24, 2.45) is 0 Å². The van der Waals surface area contributed by atoms with E-state index >= 15 is 0 Å². The van der Waals surface area contributed by atoms with Gasteiger partial charge in [-0.05, 0) is 22.6 Å². The normalized spacial score (nSPS) is 11.8. The minimum absolute atomic E-state index is 0.00699. The monoisotopic (exact) mass is 348 g/mol. The molecule has 0 aliphatic heterocycles. The van der Waals surface area contributed by atoms with Gasteiger partial charge in [0.2, 0.25) is 0 Å². The third-order valence-corrected chi connectivity index (χ3v) is 2.74. The van der Waals surface area contributed by atoms with Crippen LogP contribution in [-0.2, 0) is 17.8 Å². The molecule has 0 aliphatic rings. The summed E-state index contributed by atoms with van der Waals surface area (Å²) < 4.78 is 41.3. The Kier molecular flexibility index (Phi) is 4.30. The molecule has 8 heteroatoms. The van der Waals surface area contributed by atoms with E-state index in [-0.39, 0.29) is 15.9 Å². The van der Waals surface area contributed by atoms with Crippen molar-refractivity contribution in [3.05, 3.63) is 25.4 Å². The predicted octanol–water partition coefficient (Wildman–Crippen LogP) is 1.63. The number of H-pyrrole nitrogens is 1. The van der Waals surface area contributed by atoms with Crippen LogP contribution in [0.2, 0.25) is 0 Å². The molecule has 1 rings (SSSR count). The minimum Gasteiger partial charge on any atom is -0.378 e. The number of hydrogen-bond acceptors (Lipinski definition) is 3. The van der Waals surface area contributed by atoms with Gasteiger partial charge in [-0.25, -0.2) is 4.98 Å². The number of nitrogens with one attached hydrogen (secondary N) is 1. The molecule has 1 aromatic heterocycles. The second-order valence-corrected chi connectivity index (χ2v) is 4.08. The van der Waals surface area contributed by atoms with Gasteiger partial charge < -0.3 is 9.72 Å². The molecule has 1 heterocycles. The fraction of sp³-hybridized carbons (Fsp3) is 0.500. The lowest BCUT2D eigenvalue weighted by Crippen LogP contribution is -2.22. The summed E-state index contributed by atoms with van der Waals surface area (Å²) in [6, 6.07) is 0. The number of ether oxygens (including phenoxy) is 1. The zero-order chi connectivity index (χ0) is 12.3. The van der Waals surface area contributed by atoms with Crippen LogP contribution in [-0.4, -0.2) is 23.3 Å². The van der Waals surface area contributed by atoms with Crippen molar-refractivity contribution in [2.75, 3.05) is 7.11 Å². The van der Waals surface area contributed by atoms with Gasteiger partial charge >= 0.3 is 6.18 Å². The smallest absolute Gasteiger partial charge is 0.378 e. The number of hydrogen-bond donors (Lipinski definition) is 1. The van der Waals surface area contributed by atoms with Gasteiger partial charge in [0.25, 0.3) is 5.56 Å². The Morgan fingerprint density at radius 1 is 1.50 bits per heavy atom. The second kappa shape index (κ2) is 5.13. The quantitative estimate of drug-likeness (QED) is 0.845. The first kappa shape index (κ1) is 13.4. The Hall–Kier alpha value is -0.640. The first-order chi connectivity index (χ1) is 7.33. The Bertz CT molecular complexity index is 430. The summed E-state index contributed by atoms with van der Waals surface area (Å²) in [4.78, 5) is 17.1. The lowest BCUT2D eigenvalue weighted by molar-refractivity contribution is -0.128. The maximum atomic E-state index is 12.1. The highest BCUT2D eigenvalue weighted by molar-refractivity contribution is 14.1. The van der Waals surface area contributed by atoms with E-state index in [9.17, 15) is 18.0 Å². The Balaban J connectivity index is 3.09. The number of aromatic nitrogens is 2. The molecule has 1 aromatic rings. The SMILES string of the molecule is COCc1nc(CC(F)(F)F)[nH]c(=O)c1I. The van der Waals surface area contributed by atoms with E-state index in [0.29, 0.717) is 0 Å². The number of alkyl halides is 3. The van der Waals surface area contributed by atoms with Gasteiger partial charge in [0, 0.05) is 7.11 Å². The second-order valence-electron chi connectivity index (χ2n) is 3.00. The van der Waals surface area contributed by atoms with Crippen molar-refractivity contribution < 1.29 is 17.9 Å². The maximum absolute atomic E-state index is 12.1. The van der Waals surface area contributed by atoms with Crippen molar-refractivity contribution in [1.29, 1.82) is 0 Å². The third kappa shape index (κ3) is 3.74. The summed E-state index contributed by atoms with van der Waals surface area (Å²) in [5.41, 5.74) is -0.368. The molecule has 0 fully saturated rings. The predicted molar refractivity (Wildman–Crippen MR) is 58.0 cm³/mol. The Morgan fingerprint density at radius 3 is 2.62 bits per heavy atom. The summed E-state index contributed by atoms with van der Waals surface area (Å²) in [7, 11) is 1.38. The molecule has 16 heavy (non-hydrogen) atoms. The van der Waals surface area contributed by atoms with Crippen molar-refractivity contribution in [3.63, 3.8) is 0 Å². The lowest BCUT2D eigenvalue weighted by Gasteiger charge is -2.08. The highest BCUT2D eigenvalue weighted by atomic mass is 127. The molecule has 0 amide bonds. The molecule has 4 nitrogen and oxygen atoms in total. The molecule has 1 N–H and O–H groups in total. The number of aromatic amines is 1. The van der Waals surface area contributed by atoms with E-state index in [1.807, 2.05) is 0 Å². The fourth-order valence-corrected chi connectivity index (χ4v) is 1.47. The molecule has 0 atom stereocenters. The highest BCUT2D eigenvalue weighted by Gasteiger charge is 2.29. The number of halogens is 4. The van der Waals surface area contributed by atoms with Gasteiger partial charge in [-0.3, -0.25) is 4.79 Å². The maximum Gasteiger partial charge on any atom is 0.396 e. The molecule has 0 aliphatic carbocycles. The molecule has 90 valence electrons. The summed E-state index contributed by atoms with van der Waals surface area (Å²) in [6.07, 6.45) is -5.65. The van der Waals surface area contributed by atoms with Crippen molar-refractivity contribution in [2.45, 2.75) is 19.2 Å². The van der Waals surface area contributed by atoms with Gasteiger partial charge in [-0.2, -0.15) is 13.2 Å². The van der Waals surface area contributed by atoms with Gasteiger partial charge in [-0.15, -0.1) is 0 Å². The molecule has 0 saturated carbocycles. The number of rotatable bonds is 3. The van der Waals surface area contributed by atoms with Crippen molar-refractivity contribution >= 4 is 22.6 Å². The van der Waals surface area contributed by atoms with Crippen LogP contribution in [0.15, 0.2) is 4.79 Å². The van der Waals surface area contributed by atoms with Gasteiger partial charge in [0.15, 0.2) is 0 Å². The molecular weight excluding hydrogens is 340 g/mol. The van der Waals surface area contributed by atoms with E-state index in [2.05, 4.69) is 9.97 Å². The molecule has 0 spiro atoms. The largest absolute Gasteiger partial charge is 0.396 e. The number of methoxy groups -OCH3 is 1. The Labute approximate surface area is 102 Å². The van der Waals surface area contributed by atoms with E-state index < -0.39 is 24.0 Å². The molecule has 0 saturated heterocycles. The van der Waals surface area contributed by atoms with Crippen LogP contribution in [0.25, 0.3) is 0 Å². The summed E-state index contributed by atoms with van der Waals surface area (Å²) in [5, 5.41) is 0. The van der Waals surface area contributed by atoms with Crippen molar-refractivity contribution in [1.82, 2.24) is 9.97 Å². The third-order valence-electron chi connectivity index (χ3n) is 1.63. The molecule has 0 bridgehead atoms. The molecule has 0 aromatic carbocycles. The van der Waals surface area contributed by atoms with Gasteiger partial charge in [0.1, 0.15) is 15.8 Å². The van der Waals surface area contributed by atoms with E-state index in [1.54, 1.807) is 22.6 Å². The van der Waals surface area contributed by atoms with E-state index in [4.69, 9.17) is 4.74 Å². The number of nitrogens with zero attached hydrogens (tertiary/aromatic N) is 1. The molecule has 0 unspecified atom stereocenters. The van der Waals surface area contributed by atoms with Crippen LogP contribution < -0.4 is 5.56 Å². The lowest BCUT2D eigenvalue weighted by atomic mass is 10.3. The highest BCUT2D eigenvalue weighted by Crippen LogP contribution is 2.19. The summed E-state index contributed by atoms with van der Waals surface area (Å²) in [6.45, 7) is 0.00699. The van der Waals surface area contributed by atoms with Gasteiger partial charge in [-0.1, -0.05) is 0 Å². The topological polar surface area (TPSA) is 55.0 Å². The van der Waals surface area contributed by atoms with Crippen LogP contribution in [0.4, 0.5) is 13.2 Å². The summed E-state index contributed by atoms with van der Waals surface area (Å²) in [5.74, 6) is -0.398. The van der Waals surface area contributed by atoms with Crippen LogP contribution >= 0.6 is 22.6 Å². The standard InChI is InChI=1S/C8H8F3IN2O2/c1-16-3-4-6(12)7(15)14-5(13-4)2-8(9,10)11/h2-3H2,1H3,(H,13,14,15). The average Bonchev–Trinajstić information content (AvgIpc) is 2.11. The zero-order valence-electron chi connectivity index (χ0n) is 8.19. The fourth-order valence-electron chi connectivity index (χ4n) is 1.06. The van der Waals surface area contributed by atoms with Crippen LogP contribution in [0.5, 0.6) is 0 Å². The van der Waals surface area contributed by atoms with Crippen LogP contribution in [0.3, 0.4) is 0 Å². The van der Waals surface area contributed by atoms with Crippen LogP contribution in [0.1, 0.15) is 11.5 Å². The minimum atomic E-state index is -4.40. The average molecular weight is 348 g/mol. The molecule has 0 radical (unpaired) electrons. The van der Waals surface area contributed by atoms with Crippen molar-refractivity contribution in [3.8, 4) is 0 Å². The van der Waals surface area contributed by atoms with E-state index in [0.717, 1.165) is 0 Å². The summed E-state index contributed by atoms with van der Waals surface area (Å²) >= 11 is 1.71. The first-order valence-corrected chi connectivity index (χ1v) is 5.24.